The number of hydrogen-bond donors (Lipinski definition) is 1. The molecule has 0 aliphatic carbocycles. The molecule has 1 aromatic rings. The zero-order valence-corrected chi connectivity index (χ0v) is 12.2. The van der Waals surface area contributed by atoms with Gasteiger partial charge >= 0.3 is 0 Å². The Morgan fingerprint density at radius 3 is 2.35 bits per heavy atom. The van der Waals surface area contributed by atoms with Gasteiger partial charge in [0.1, 0.15) is 0 Å². The lowest BCUT2D eigenvalue weighted by molar-refractivity contribution is 0.353. The van der Waals surface area contributed by atoms with Crippen molar-refractivity contribution in [1.29, 1.82) is 0 Å². The van der Waals surface area contributed by atoms with E-state index < -0.39 is 0 Å². The molecule has 0 spiro atoms. The van der Waals surface area contributed by atoms with Gasteiger partial charge in [-0.3, -0.25) is 0 Å². The summed E-state index contributed by atoms with van der Waals surface area (Å²) in [6, 6.07) is 3.88. The summed E-state index contributed by atoms with van der Waals surface area (Å²) in [5.41, 5.74) is 7.24. The third-order valence-corrected chi connectivity index (χ3v) is 3.46. The van der Waals surface area contributed by atoms with E-state index >= 15 is 0 Å². The summed E-state index contributed by atoms with van der Waals surface area (Å²) in [6.07, 6.45) is 3.26. The van der Waals surface area contributed by atoms with Crippen molar-refractivity contribution < 1.29 is 9.47 Å². The fourth-order valence-corrected chi connectivity index (χ4v) is 2.35. The van der Waals surface area contributed by atoms with Crippen LogP contribution in [-0.4, -0.2) is 14.2 Å². The third kappa shape index (κ3) is 3.61. The first-order chi connectivity index (χ1) is 8.13. The van der Waals surface area contributed by atoms with Crippen LogP contribution < -0.4 is 15.2 Å². The summed E-state index contributed by atoms with van der Waals surface area (Å²) < 4.78 is 11.5. The molecule has 4 heteroatoms. The van der Waals surface area contributed by atoms with Crippen molar-refractivity contribution >= 4 is 15.9 Å². The molecular weight excluding hydrogens is 282 g/mol. The second-order valence-electron chi connectivity index (χ2n) is 3.98. The van der Waals surface area contributed by atoms with Crippen LogP contribution in [0.5, 0.6) is 11.5 Å². The highest BCUT2D eigenvalue weighted by atomic mass is 79.9. The van der Waals surface area contributed by atoms with Crippen molar-refractivity contribution in [3.63, 3.8) is 0 Å². The number of hydrogen-bond acceptors (Lipinski definition) is 3. The lowest BCUT2D eigenvalue weighted by atomic mass is 10.0. The number of benzene rings is 1. The minimum atomic E-state index is 0.0316. The van der Waals surface area contributed by atoms with Crippen molar-refractivity contribution in [3.05, 3.63) is 22.2 Å². The van der Waals surface area contributed by atoms with Crippen LogP contribution in [0.2, 0.25) is 0 Å². The number of ether oxygens (including phenoxy) is 2. The Morgan fingerprint density at radius 2 is 1.82 bits per heavy atom. The monoisotopic (exact) mass is 301 g/mol. The largest absolute Gasteiger partial charge is 0.493 e. The Hall–Kier alpha value is -0.740. The minimum absolute atomic E-state index is 0.0316. The smallest absolute Gasteiger partial charge is 0.161 e. The number of rotatable bonds is 6. The third-order valence-electron chi connectivity index (χ3n) is 2.77. The van der Waals surface area contributed by atoms with E-state index in [1.807, 2.05) is 12.1 Å². The first kappa shape index (κ1) is 14.3. The SMILES string of the molecule is CCCC[C@@H](N)c1cc(OC)c(OC)cc1Br. The molecule has 96 valence electrons. The average molecular weight is 302 g/mol. The van der Waals surface area contributed by atoms with Crippen LogP contribution in [-0.2, 0) is 0 Å². The van der Waals surface area contributed by atoms with E-state index in [4.69, 9.17) is 15.2 Å². The molecule has 0 aromatic heterocycles. The van der Waals surface area contributed by atoms with Gasteiger partial charge in [-0.25, -0.2) is 0 Å². The standard InChI is InChI=1S/C13H20BrNO2/c1-4-5-6-11(15)9-7-12(16-2)13(17-3)8-10(9)14/h7-8,11H,4-6,15H2,1-3H3/t11-/m1/s1. The van der Waals surface area contributed by atoms with E-state index in [0.717, 1.165) is 35.0 Å². The molecule has 1 aromatic carbocycles. The molecule has 0 amide bonds. The van der Waals surface area contributed by atoms with Gasteiger partial charge < -0.3 is 15.2 Å². The van der Waals surface area contributed by atoms with Gasteiger partial charge in [0.05, 0.1) is 14.2 Å². The van der Waals surface area contributed by atoms with Gasteiger partial charge in [-0.05, 0) is 24.1 Å². The molecule has 0 bridgehead atoms. The quantitative estimate of drug-likeness (QED) is 0.872. The first-order valence-corrected chi connectivity index (χ1v) is 6.60. The molecule has 0 saturated heterocycles. The van der Waals surface area contributed by atoms with Gasteiger partial charge in [0.15, 0.2) is 11.5 Å². The van der Waals surface area contributed by atoms with Gasteiger partial charge in [-0.15, -0.1) is 0 Å². The normalized spacial score (nSPS) is 12.3. The second-order valence-corrected chi connectivity index (χ2v) is 4.83. The molecule has 2 N–H and O–H groups in total. The molecule has 0 saturated carbocycles. The van der Waals surface area contributed by atoms with E-state index in [1.165, 1.54) is 0 Å². The number of unbranched alkanes of at least 4 members (excludes halogenated alkanes) is 1. The summed E-state index contributed by atoms with van der Waals surface area (Å²) in [5, 5.41) is 0. The van der Waals surface area contributed by atoms with E-state index in [0.29, 0.717) is 5.75 Å². The lowest BCUT2D eigenvalue weighted by Gasteiger charge is -2.16. The summed E-state index contributed by atoms with van der Waals surface area (Å²) >= 11 is 3.53. The van der Waals surface area contributed by atoms with Crippen molar-refractivity contribution in [1.82, 2.24) is 0 Å². The van der Waals surface area contributed by atoms with Crippen LogP contribution in [0.25, 0.3) is 0 Å². The van der Waals surface area contributed by atoms with E-state index in [9.17, 15) is 0 Å². The highest BCUT2D eigenvalue weighted by molar-refractivity contribution is 9.10. The number of methoxy groups -OCH3 is 2. The molecule has 0 radical (unpaired) electrons. The van der Waals surface area contributed by atoms with Crippen LogP contribution in [0.1, 0.15) is 37.8 Å². The Bertz CT molecular complexity index is 369. The van der Waals surface area contributed by atoms with Crippen LogP contribution in [0.3, 0.4) is 0 Å². The van der Waals surface area contributed by atoms with Crippen molar-refractivity contribution in [2.45, 2.75) is 32.2 Å². The highest BCUT2D eigenvalue weighted by Gasteiger charge is 2.14. The van der Waals surface area contributed by atoms with Gasteiger partial charge in [0.25, 0.3) is 0 Å². The van der Waals surface area contributed by atoms with E-state index in [1.54, 1.807) is 14.2 Å². The predicted octanol–water partition coefficient (Wildman–Crippen LogP) is 3.66. The maximum atomic E-state index is 6.17. The number of halogens is 1. The summed E-state index contributed by atoms with van der Waals surface area (Å²) in [4.78, 5) is 0. The minimum Gasteiger partial charge on any atom is -0.493 e. The van der Waals surface area contributed by atoms with Gasteiger partial charge in [0, 0.05) is 10.5 Å². The van der Waals surface area contributed by atoms with Gasteiger partial charge in [0.2, 0.25) is 0 Å². The van der Waals surface area contributed by atoms with Gasteiger partial charge in [-0.2, -0.15) is 0 Å². The fourth-order valence-electron chi connectivity index (χ4n) is 1.73. The molecule has 17 heavy (non-hydrogen) atoms. The van der Waals surface area contributed by atoms with Crippen LogP contribution in [0.15, 0.2) is 16.6 Å². The van der Waals surface area contributed by atoms with E-state index in [2.05, 4.69) is 22.9 Å². The molecule has 0 unspecified atom stereocenters. The Kier molecular flexibility index (Phi) is 5.78. The predicted molar refractivity (Wildman–Crippen MR) is 73.7 cm³/mol. The molecule has 0 fully saturated rings. The molecule has 0 heterocycles. The molecule has 3 nitrogen and oxygen atoms in total. The molecule has 1 atom stereocenters. The van der Waals surface area contributed by atoms with Crippen molar-refractivity contribution in [3.8, 4) is 11.5 Å². The maximum Gasteiger partial charge on any atom is 0.161 e. The summed E-state index contributed by atoms with van der Waals surface area (Å²) in [7, 11) is 3.26. The summed E-state index contributed by atoms with van der Waals surface area (Å²) in [5.74, 6) is 1.43. The van der Waals surface area contributed by atoms with Gasteiger partial charge in [-0.1, -0.05) is 35.7 Å². The molecular formula is C13H20BrNO2. The molecule has 1 rings (SSSR count). The topological polar surface area (TPSA) is 44.5 Å². The second kappa shape index (κ2) is 6.87. The average Bonchev–Trinajstić information content (AvgIpc) is 2.35. The first-order valence-electron chi connectivity index (χ1n) is 5.81. The Labute approximate surface area is 111 Å². The van der Waals surface area contributed by atoms with Crippen molar-refractivity contribution in [2.75, 3.05) is 14.2 Å². The van der Waals surface area contributed by atoms with Crippen molar-refractivity contribution in [2.24, 2.45) is 5.73 Å². The molecule has 0 aliphatic rings. The molecule has 0 aliphatic heterocycles. The number of nitrogens with two attached hydrogens (primary N) is 1. The van der Waals surface area contributed by atoms with Crippen LogP contribution in [0, 0.1) is 0 Å². The highest BCUT2D eigenvalue weighted by Crippen LogP contribution is 2.36. The van der Waals surface area contributed by atoms with E-state index in [-0.39, 0.29) is 6.04 Å². The Morgan fingerprint density at radius 1 is 1.24 bits per heavy atom. The Balaban J connectivity index is 2.99. The lowest BCUT2D eigenvalue weighted by Crippen LogP contribution is -2.11. The fraction of sp³-hybridized carbons (Fsp3) is 0.538. The van der Waals surface area contributed by atoms with Crippen LogP contribution >= 0.6 is 15.9 Å². The summed E-state index contributed by atoms with van der Waals surface area (Å²) in [6.45, 7) is 2.16. The zero-order chi connectivity index (χ0) is 12.8. The maximum absolute atomic E-state index is 6.17. The zero-order valence-electron chi connectivity index (χ0n) is 10.6. The van der Waals surface area contributed by atoms with Crippen LogP contribution in [0.4, 0.5) is 0 Å².